The van der Waals surface area contributed by atoms with Crippen LogP contribution in [0.15, 0.2) is 34.2 Å². The molecule has 3 aliphatic rings. The highest BCUT2D eigenvalue weighted by atomic mass is 16.4. The molecular formula is C18H22N4O2. The number of benzene rings is 1. The molecule has 3 heterocycles. The molecule has 6 heteroatoms. The van der Waals surface area contributed by atoms with Crippen LogP contribution < -0.4 is 15.9 Å². The van der Waals surface area contributed by atoms with Gasteiger partial charge in [-0.2, -0.15) is 0 Å². The monoisotopic (exact) mass is 326 g/mol. The van der Waals surface area contributed by atoms with Gasteiger partial charge in [0.05, 0.1) is 5.52 Å². The molecule has 1 aromatic heterocycles. The molecule has 0 radical (unpaired) electrons. The van der Waals surface area contributed by atoms with Gasteiger partial charge < -0.3 is 14.7 Å². The SMILES string of the molecule is Cn1c(=O)c(=NO)nc(N2CC3CCC(CC3)C2)c2ccccc21. The Morgan fingerprint density at radius 1 is 1.12 bits per heavy atom. The minimum atomic E-state index is -0.391. The zero-order valence-electron chi connectivity index (χ0n) is 13.9. The summed E-state index contributed by atoms with van der Waals surface area (Å²) in [5.41, 5.74) is 0.259. The van der Waals surface area contributed by atoms with Gasteiger partial charge in [-0.15, -0.1) is 0 Å². The minimum absolute atomic E-state index is 0.153. The van der Waals surface area contributed by atoms with Gasteiger partial charge >= 0.3 is 0 Å². The second-order valence-electron chi connectivity index (χ2n) is 7.03. The Balaban J connectivity index is 2.00. The van der Waals surface area contributed by atoms with Crippen molar-refractivity contribution in [2.24, 2.45) is 24.0 Å². The third-order valence-electron chi connectivity index (χ3n) is 5.53. The Hall–Kier alpha value is -2.37. The highest BCUT2D eigenvalue weighted by Crippen LogP contribution is 2.36. The van der Waals surface area contributed by atoms with Crippen LogP contribution in [-0.2, 0) is 7.05 Å². The number of nitrogens with zero attached hydrogens (tertiary/aromatic N) is 4. The summed E-state index contributed by atoms with van der Waals surface area (Å²) < 4.78 is 1.51. The van der Waals surface area contributed by atoms with Crippen LogP contribution in [0.5, 0.6) is 0 Å². The summed E-state index contributed by atoms with van der Waals surface area (Å²) in [5, 5.41) is 13.4. The molecule has 1 N–H and O–H groups in total. The molecule has 6 nitrogen and oxygen atoms in total. The highest BCUT2D eigenvalue weighted by Gasteiger charge is 2.30. The van der Waals surface area contributed by atoms with E-state index in [1.54, 1.807) is 7.05 Å². The first kappa shape index (κ1) is 15.2. The first-order valence-electron chi connectivity index (χ1n) is 8.60. The van der Waals surface area contributed by atoms with Crippen molar-refractivity contribution in [1.29, 1.82) is 0 Å². The van der Waals surface area contributed by atoms with Gasteiger partial charge in [-0.25, -0.2) is 4.98 Å². The molecule has 1 aromatic carbocycles. The molecule has 5 rings (SSSR count). The quantitative estimate of drug-likeness (QED) is 0.641. The molecular weight excluding hydrogens is 304 g/mol. The highest BCUT2D eigenvalue weighted by molar-refractivity contribution is 5.89. The van der Waals surface area contributed by atoms with Crippen LogP contribution in [-0.4, -0.2) is 27.8 Å². The van der Waals surface area contributed by atoms with Crippen molar-refractivity contribution >= 4 is 16.7 Å². The Morgan fingerprint density at radius 2 is 1.75 bits per heavy atom. The molecule has 3 fully saturated rings. The minimum Gasteiger partial charge on any atom is -0.409 e. The normalized spacial score (nSPS) is 24.4. The summed E-state index contributed by atoms with van der Waals surface area (Å²) >= 11 is 0. The zero-order valence-corrected chi connectivity index (χ0v) is 13.9. The number of anilines is 1. The van der Waals surface area contributed by atoms with Gasteiger partial charge in [-0.05, 0) is 49.7 Å². The fourth-order valence-electron chi connectivity index (χ4n) is 4.20. The fourth-order valence-corrected chi connectivity index (χ4v) is 4.20. The number of rotatable bonds is 1. The molecule has 2 saturated heterocycles. The van der Waals surface area contributed by atoms with E-state index in [0.717, 1.165) is 29.8 Å². The van der Waals surface area contributed by atoms with Crippen LogP contribution in [0.25, 0.3) is 10.9 Å². The van der Waals surface area contributed by atoms with Crippen molar-refractivity contribution < 1.29 is 5.21 Å². The molecule has 2 bridgehead atoms. The molecule has 0 atom stereocenters. The summed E-state index contributed by atoms with van der Waals surface area (Å²) in [6.45, 7) is 1.92. The van der Waals surface area contributed by atoms with E-state index in [1.165, 1.54) is 30.3 Å². The second-order valence-corrected chi connectivity index (χ2v) is 7.03. The lowest BCUT2D eigenvalue weighted by Crippen LogP contribution is -2.35. The molecule has 1 saturated carbocycles. The van der Waals surface area contributed by atoms with Crippen molar-refractivity contribution in [3.05, 3.63) is 40.1 Å². The lowest BCUT2D eigenvalue weighted by Gasteiger charge is -2.24. The fraction of sp³-hybridized carbons (Fsp3) is 0.500. The van der Waals surface area contributed by atoms with Gasteiger partial charge in [0, 0.05) is 25.5 Å². The number of aryl methyl sites for hydroxylation is 1. The first-order valence-corrected chi connectivity index (χ1v) is 8.60. The Bertz CT molecular complexity index is 883. The first-order chi connectivity index (χ1) is 11.7. The van der Waals surface area contributed by atoms with Crippen molar-refractivity contribution in [2.75, 3.05) is 18.0 Å². The van der Waals surface area contributed by atoms with Crippen LogP contribution in [0.2, 0.25) is 0 Å². The molecule has 126 valence electrons. The van der Waals surface area contributed by atoms with Crippen molar-refractivity contribution in [2.45, 2.75) is 25.7 Å². The lowest BCUT2D eigenvalue weighted by molar-refractivity contribution is 0.297. The number of hydrogen-bond acceptors (Lipinski definition) is 5. The summed E-state index contributed by atoms with van der Waals surface area (Å²) in [5.74, 6) is 2.13. The van der Waals surface area contributed by atoms with Gasteiger partial charge in [-0.1, -0.05) is 17.3 Å². The van der Waals surface area contributed by atoms with E-state index in [0.29, 0.717) is 11.8 Å². The molecule has 2 aromatic rings. The molecule has 0 spiro atoms. The van der Waals surface area contributed by atoms with Gasteiger partial charge in [0.2, 0.25) is 0 Å². The smallest absolute Gasteiger partial charge is 0.299 e. The molecule has 24 heavy (non-hydrogen) atoms. The van der Waals surface area contributed by atoms with E-state index < -0.39 is 5.56 Å². The van der Waals surface area contributed by atoms with E-state index in [2.05, 4.69) is 15.0 Å². The van der Waals surface area contributed by atoms with Crippen LogP contribution in [0.3, 0.4) is 0 Å². The predicted molar refractivity (Wildman–Crippen MR) is 92.0 cm³/mol. The van der Waals surface area contributed by atoms with E-state index >= 15 is 0 Å². The summed E-state index contributed by atoms with van der Waals surface area (Å²) in [6.07, 6.45) is 5.09. The topological polar surface area (TPSA) is 70.7 Å². The Morgan fingerprint density at radius 3 is 2.38 bits per heavy atom. The van der Waals surface area contributed by atoms with Gasteiger partial charge in [-0.3, -0.25) is 4.79 Å². The molecule has 1 aliphatic carbocycles. The number of fused-ring (bicyclic) bond motifs is 5. The number of aromatic nitrogens is 2. The number of hydrogen-bond donors (Lipinski definition) is 1. The largest absolute Gasteiger partial charge is 0.409 e. The van der Waals surface area contributed by atoms with Crippen LogP contribution in [0, 0.1) is 11.8 Å². The van der Waals surface area contributed by atoms with Gasteiger partial charge in [0.1, 0.15) is 5.82 Å². The average molecular weight is 326 g/mol. The van der Waals surface area contributed by atoms with Gasteiger partial charge in [0.15, 0.2) is 0 Å². The maximum atomic E-state index is 12.5. The Labute approximate surface area is 140 Å². The van der Waals surface area contributed by atoms with Crippen LogP contribution >= 0.6 is 0 Å². The lowest BCUT2D eigenvalue weighted by atomic mass is 9.84. The van der Waals surface area contributed by atoms with Crippen LogP contribution in [0.4, 0.5) is 5.82 Å². The maximum Gasteiger partial charge on any atom is 0.299 e. The Kier molecular flexibility index (Phi) is 3.75. The summed E-state index contributed by atoms with van der Waals surface area (Å²) in [7, 11) is 1.69. The maximum absolute atomic E-state index is 12.5. The zero-order chi connectivity index (χ0) is 16.7. The van der Waals surface area contributed by atoms with Crippen LogP contribution in [0.1, 0.15) is 25.7 Å². The third-order valence-corrected chi connectivity index (χ3v) is 5.53. The number of para-hydroxylation sites is 1. The van der Waals surface area contributed by atoms with E-state index in [-0.39, 0.29) is 5.49 Å². The van der Waals surface area contributed by atoms with E-state index in [4.69, 9.17) is 0 Å². The van der Waals surface area contributed by atoms with Crippen molar-refractivity contribution in [1.82, 2.24) is 9.55 Å². The van der Waals surface area contributed by atoms with Gasteiger partial charge in [0.25, 0.3) is 11.0 Å². The van der Waals surface area contributed by atoms with Crippen molar-refractivity contribution in [3.8, 4) is 0 Å². The molecule has 0 unspecified atom stereocenters. The van der Waals surface area contributed by atoms with Crippen molar-refractivity contribution in [3.63, 3.8) is 0 Å². The van der Waals surface area contributed by atoms with E-state index in [9.17, 15) is 10.0 Å². The van der Waals surface area contributed by atoms with E-state index in [1.807, 2.05) is 24.3 Å². The average Bonchev–Trinajstić information content (AvgIpc) is 2.99. The summed E-state index contributed by atoms with van der Waals surface area (Å²) in [6, 6.07) is 7.77. The molecule has 2 aliphatic heterocycles. The predicted octanol–water partition coefficient (Wildman–Crippen LogP) is 1.85. The molecule has 0 amide bonds. The standard InChI is InChI=1S/C18H22N4O2/c1-21-15-5-3-2-4-14(15)17(19-16(20-24)18(21)23)22-10-12-6-7-13(11-22)9-8-12/h2-5,12-13,24H,6-11H2,1H3. The summed E-state index contributed by atoms with van der Waals surface area (Å²) in [4.78, 5) is 19.3. The third kappa shape index (κ3) is 2.46. The second kappa shape index (κ2) is 5.92.